The molecule has 0 aromatic heterocycles. The van der Waals surface area contributed by atoms with Gasteiger partial charge in [0.05, 0.1) is 0 Å². The highest BCUT2D eigenvalue weighted by Gasteiger charge is 2.28. The van der Waals surface area contributed by atoms with Gasteiger partial charge in [0.15, 0.2) is 0 Å². The van der Waals surface area contributed by atoms with E-state index in [9.17, 15) is 0 Å². The van der Waals surface area contributed by atoms with Gasteiger partial charge in [-0.1, -0.05) is 206 Å². The summed E-state index contributed by atoms with van der Waals surface area (Å²) in [6.45, 7) is 0. The Balaban J connectivity index is 1.17. The Kier molecular flexibility index (Phi) is 7.70. The highest BCUT2D eigenvalue weighted by molar-refractivity contribution is 6.45. The molecule has 0 N–H and O–H groups in total. The zero-order chi connectivity index (χ0) is 45.6. The lowest BCUT2D eigenvalue weighted by atomic mass is 9.82. The first-order chi connectivity index (χ1) is 34.7. The Hall–Kier alpha value is -9.10. The van der Waals surface area contributed by atoms with Crippen molar-refractivity contribution in [2.75, 3.05) is 0 Å². The standard InChI is InChI=1S/C70H40/c1-4-17-41(18-5-1)47-35-46-32-31-44-33-34-55-57-39-60-61(40-58(57)59-38-48(36-47)63(46)64(44)66(55)59)67(53-27-14-12-24-49(53)42-19-6-2-7-20-42)69-56-30-16-29-52-51-26-11-10-23-45(51)37-62(65(52)56)70(69)68(60)54-28-15-13-25-50(54)43-21-8-3-9-22-43/h1-40H. The van der Waals surface area contributed by atoms with Crippen molar-refractivity contribution in [3.05, 3.63) is 243 Å². The Bertz CT molecular complexity index is 4780. The molecular formula is C70H40. The SMILES string of the molecule is c1ccc(-c2cc3ccc4ccc5c6cc7c(-c8ccccc8-c8ccccc8)c8c9cc%10ccccc%10c%10cccc(c8c(-c8ccccc8-c8ccccc8)c7cc6c6cc(c2)c3c4c56)c%109)cc1. The van der Waals surface area contributed by atoms with E-state index in [2.05, 4.69) is 243 Å². The third kappa shape index (κ3) is 5.15. The van der Waals surface area contributed by atoms with E-state index in [1.165, 1.54) is 163 Å². The first kappa shape index (κ1) is 37.9. The van der Waals surface area contributed by atoms with Crippen LogP contribution in [0, 0.1) is 0 Å². The highest BCUT2D eigenvalue weighted by Crippen LogP contribution is 2.56. The predicted molar refractivity (Wildman–Crippen MR) is 302 cm³/mol. The van der Waals surface area contributed by atoms with Gasteiger partial charge in [-0.25, -0.2) is 0 Å². The van der Waals surface area contributed by atoms with E-state index in [0.29, 0.717) is 0 Å². The Morgan fingerprint density at radius 1 is 0.157 bits per heavy atom. The van der Waals surface area contributed by atoms with Gasteiger partial charge in [0, 0.05) is 0 Å². The number of hydrogen-bond acceptors (Lipinski definition) is 0. The number of benzene rings is 14. The van der Waals surface area contributed by atoms with E-state index >= 15 is 0 Å². The zero-order valence-corrected chi connectivity index (χ0v) is 38.1. The second kappa shape index (κ2) is 14.2. The van der Waals surface area contributed by atoms with E-state index in [1.54, 1.807) is 0 Å². The quantitative estimate of drug-likeness (QED) is 0.151. The van der Waals surface area contributed by atoms with Crippen molar-refractivity contribution in [1.29, 1.82) is 0 Å². The van der Waals surface area contributed by atoms with Crippen molar-refractivity contribution in [2.45, 2.75) is 0 Å². The van der Waals surface area contributed by atoms with Crippen LogP contribution in [0.25, 0.3) is 163 Å². The molecule has 16 rings (SSSR count). The van der Waals surface area contributed by atoms with Crippen LogP contribution >= 0.6 is 0 Å². The van der Waals surface area contributed by atoms with Crippen molar-refractivity contribution in [2.24, 2.45) is 0 Å². The summed E-state index contributed by atoms with van der Waals surface area (Å²) in [5, 5.41) is 26.1. The van der Waals surface area contributed by atoms with Crippen LogP contribution in [0.5, 0.6) is 0 Å². The summed E-state index contributed by atoms with van der Waals surface area (Å²) in [7, 11) is 0. The van der Waals surface area contributed by atoms with Crippen LogP contribution in [0.4, 0.5) is 0 Å². The summed E-state index contributed by atoms with van der Waals surface area (Å²) in [6, 6.07) is 91.5. The average Bonchev–Trinajstić information content (AvgIpc) is 3.92. The molecule has 16 aromatic carbocycles. The molecule has 0 atom stereocenters. The lowest BCUT2D eigenvalue weighted by Crippen LogP contribution is -1.93. The molecule has 320 valence electrons. The van der Waals surface area contributed by atoms with Gasteiger partial charge >= 0.3 is 0 Å². The highest BCUT2D eigenvalue weighted by atomic mass is 14.3. The van der Waals surface area contributed by atoms with Crippen molar-refractivity contribution in [1.82, 2.24) is 0 Å². The molecule has 0 aliphatic rings. The fourth-order valence-corrected chi connectivity index (χ4v) is 13.0. The first-order valence-electron chi connectivity index (χ1n) is 24.5. The van der Waals surface area contributed by atoms with E-state index in [0.717, 1.165) is 0 Å². The lowest BCUT2D eigenvalue weighted by Gasteiger charge is -2.21. The maximum Gasteiger partial charge on any atom is -0.000696 e. The van der Waals surface area contributed by atoms with E-state index in [1.807, 2.05) is 0 Å². The average molecular weight is 881 g/mol. The fourth-order valence-electron chi connectivity index (χ4n) is 13.0. The molecule has 0 saturated heterocycles. The third-order valence-corrected chi connectivity index (χ3v) is 15.8. The molecule has 0 heterocycles. The van der Waals surface area contributed by atoms with Crippen LogP contribution < -0.4 is 0 Å². The van der Waals surface area contributed by atoms with Crippen LogP contribution in [0.2, 0.25) is 0 Å². The van der Waals surface area contributed by atoms with Crippen LogP contribution in [-0.4, -0.2) is 0 Å². The summed E-state index contributed by atoms with van der Waals surface area (Å²) in [4.78, 5) is 0. The second-order valence-corrected chi connectivity index (χ2v) is 19.4. The van der Waals surface area contributed by atoms with Gasteiger partial charge in [-0.15, -0.1) is 0 Å². The molecule has 0 aliphatic heterocycles. The monoisotopic (exact) mass is 880 g/mol. The van der Waals surface area contributed by atoms with Gasteiger partial charge < -0.3 is 0 Å². The van der Waals surface area contributed by atoms with E-state index in [-0.39, 0.29) is 0 Å². The van der Waals surface area contributed by atoms with Crippen LogP contribution in [0.3, 0.4) is 0 Å². The van der Waals surface area contributed by atoms with E-state index < -0.39 is 0 Å². The molecule has 0 heteroatoms. The van der Waals surface area contributed by atoms with Crippen LogP contribution in [-0.2, 0) is 0 Å². The van der Waals surface area contributed by atoms with Gasteiger partial charge in [0.1, 0.15) is 0 Å². The molecular weight excluding hydrogens is 841 g/mol. The maximum atomic E-state index is 2.60. The normalized spacial score (nSPS) is 12.3. The molecule has 0 amide bonds. The molecule has 0 saturated carbocycles. The molecule has 0 spiro atoms. The first-order valence-corrected chi connectivity index (χ1v) is 24.5. The Morgan fingerprint density at radius 2 is 0.643 bits per heavy atom. The third-order valence-electron chi connectivity index (χ3n) is 15.8. The predicted octanol–water partition coefficient (Wildman–Crippen LogP) is 19.9. The minimum absolute atomic E-state index is 1.21. The largest absolute Gasteiger partial charge is 0.0622 e. The van der Waals surface area contributed by atoms with Gasteiger partial charge in [0.25, 0.3) is 0 Å². The smallest absolute Gasteiger partial charge is 0.000696 e. The molecule has 16 aromatic rings. The minimum atomic E-state index is 1.21. The molecule has 0 fully saturated rings. The summed E-state index contributed by atoms with van der Waals surface area (Å²) in [5.74, 6) is 0. The lowest BCUT2D eigenvalue weighted by molar-refractivity contribution is 1.61. The molecule has 0 unspecified atom stereocenters. The number of fused-ring (bicyclic) bond motifs is 9. The molecule has 0 aliphatic carbocycles. The topological polar surface area (TPSA) is 0 Å². The van der Waals surface area contributed by atoms with E-state index in [4.69, 9.17) is 0 Å². The summed E-state index contributed by atoms with van der Waals surface area (Å²) >= 11 is 0. The van der Waals surface area contributed by atoms with Crippen molar-refractivity contribution in [3.8, 4) is 55.6 Å². The molecule has 0 bridgehead atoms. The number of hydrogen-bond donors (Lipinski definition) is 0. The van der Waals surface area contributed by atoms with Gasteiger partial charge in [-0.3, -0.25) is 0 Å². The van der Waals surface area contributed by atoms with Crippen LogP contribution in [0.1, 0.15) is 0 Å². The summed E-state index contributed by atoms with van der Waals surface area (Å²) in [6.07, 6.45) is 0. The van der Waals surface area contributed by atoms with Crippen molar-refractivity contribution >= 4 is 108 Å². The number of rotatable bonds is 5. The molecule has 0 nitrogen and oxygen atoms in total. The fraction of sp³-hybridized carbons (Fsp3) is 0. The van der Waals surface area contributed by atoms with Gasteiger partial charge in [-0.05, 0) is 200 Å². The maximum absolute atomic E-state index is 2.60. The van der Waals surface area contributed by atoms with Crippen molar-refractivity contribution < 1.29 is 0 Å². The van der Waals surface area contributed by atoms with Gasteiger partial charge in [0.2, 0.25) is 0 Å². The second-order valence-electron chi connectivity index (χ2n) is 19.4. The summed E-state index contributed by atoms with van der Waals surface area (Å²) in [5.41, 5.74) is 12.4. The van der Waals surface area contributed by atoms with Crippen molar-refractivity contribution in [3.63, 3.8) is 0 Å². The molecule has 70 heavy (non-hydrogen) atoms. The Labute approximate surface area is 403 Å². The van der Waals surface area contributed by atoms with Gasteiger partial charge in [-0.2, -0.15) is 0 Å². The summed E-state index contributed by atoms with van der Waals surface area (Å²) < 4.78 is 0. The minimum Gasteiger partial charge on any atom is -0.0622 e. The zero-order valence-electron chi connectivity index (χ0n) is 38.1. The van der Waals surface area contributed by atoms with Crippen LogP contribution in [0.15, 0.2) is 243 Å². The Morgan fingerprint density at radius 3 is 1.33 bits per heavy atom. The molecule has 0 radical (unpaired) electrons.